The molecule has 2 nitrogen and oxygen atoms in total. The third kappa shape index (κ3) is 3.95. The summed E-state index contributed by atoms with van der Waals surface area (Å²) in [5, 5.41) is 4.61. The average molecular weight is 626 g/mol. The number of hydrogen-bond acceptors (Lipinski definition) is 2. The van der Waals surface area contributed by atoms with E-state index in [9.17, 15) is 0 Å². The summed E-state index contributed by atoms with van der Waals surface area (Å²) in [5.74, 6) is 0. The highest BCUT2D eigenvalue weighted by Crippen LogP contribution is 2.58. The van der Waals surface area contributed by atoms with Crippen LogP contribution in [0.2, 0.25) is 0 Å². The van der Waals surface area contributed by atoms with E-state index in [1.807, 2.05) is 0 Å². The molecule has 0 amide bonds. The molecule has 0 aliphatic heterocycles. The van der Waals surface area contributed by atoms with Gasteiger partial charge in [0, 0.05) is 27.4 Å². The van der Waals surface area contributed by atoms with Gasteiger partial charge in [-0.1, -0.05) is 164 Å². The number of para-hydroxylation sites is 2. The molecular formula is C47H31NO. The fourth-order valence-corrected chi connectivity index (χ4v) is 8.33. The van der Waals surface area contributed by atoms with Crippen molar-refractivity contribution in [1.29, 1.82) is 0 Å². The molecule has 0 fully saturated rings. The maximum atomic E-state index is 7.24. The number of hydrogen-bond donors (Lipinski definition) is 0. The van der Waals surface area contributed by atoms with Gasteiger partial charge in [0.1, 0.15) is 5.58 Å². The Hall–Kier alpha value is -6.38. The standard InChI is InChI=1S/C47H31NO/c1-4-18-33(19-5-1)47(34-20-6-2-7-21-34)40-27-13-12-25-39(40)44-41(47)31-30-38-37-26-15-29-43(45(37)49-46(38)44)48(35-22-8-3-9-23-35)42-28-14-17-32-16-10-11-24-36(32)42/h1-31H. The van der Waals surface area contributed by atoms with Crippen LogP contribution in [0.1, 0.15) is 22.3 Å². The number of nitrogens with zero attached hydrogens (tertiary/aromatic N) is 1. The summed E-state index contributed by atoms with van der Waals surface area (Å²) >= 11 is 0. The van der Waals surface area contributed by atoms with Crippen LogP contribution in [0.4, 0.5) is 17.1 Å². The van der Waals surface area contributed by atoms with Crippen molar-refractivity contribution >= 4 is 49.8 Å². The molecule has 1 aliphatic carbocycles. The SMILES string of the molecule is c1ccc(N(c2cccc3ccccc23)c2cccc3c2oc2c4c(ccc23)C(c2ccccc2)(c2ccccc2)c2ccccc2-4)cc1. The lowest BCUT2D eigenvalue weighted by atomic mass is 9.68. The molecule has 2 heteroatoms. The molecule has 0 unspecified atom stereocenters. The summed E-state index contributed by atoms with van der Waals surface area (Å²) in [5.41, 5.74) is 11.9. The molecule has 0 atom stereocenters. The van der Waals surface area contributed by atoms with Crippen LogP contribution < -0.4 is 4.90 Å². The van der Waals surface area contributed by atoms with Gasteiger partial charge in [-0.3, -0.25) is 0 Å². The van der Waals surface area contributed by atoms with Crippen molar-refractivity contribution in [3.05, 3.63) is 210 Å². The first kappa shape index (κ1) is 27.7. The molecule has 0 bridgehead atoms. The highest BCUT2D eigenvalue weighted by atomic mass is 16.3. The largest absolute Gasteiger partial charge is 0.453 e. The summed E-state index contributed by atoms with van der Waals surface area (Å²) < 4.78 is 7.24. The van der Waals surface area contributed by atoms with Gasteiger partial charge in [-0.25, -0.2) is 0 Å². The van der Waals surface area contributed by atoms with E-state index in [0.717, 1.165) is 39.0 Å². The van der Waals surface area contributed by atoms with E-state index in [4.69, 9.17) is 4.42 Å². The topological polar surface area (TPSA) is 16.4 Å². The van der Waals surface area contributed by atoms with Gasteiger partial charge in [0.15, 0.2) is 5.58 Å². The first-order chi connectivity index (χ1) is 24.3. The van der Waals surface area contributed by atoms with Crippen LogP contribution >= 0.6 is 0 Å². The quantitative estimate of drug-likeness (QED) is 0.189. The predicted octanol–water partition coefficient (Wildman–Crippen LogP) is 12.6. The average Bonchev–Trinajstić information content (AvgIpc) is 3.71. The first-order valence-electron chi connectivity index (χ1n) is 16.9. The van der Waals surface area contributed by atoms with Crippen molar-refractivity contribution < 1.29 is 4.42 Å². The lowest BCUT2D eigenvalue weighted by Crippen LogP contribution is -2.28. The van der Waals surface area contributed by atoms with Crippen molar-refractivity contribution in [2.75, 3.05) is 4.90 Å². The van der Waals surface area contributed by atoms with Gasteiger partial charge in [-0.15, -0.1) is 0 Å². The third-order valence-corrected chi connectivity index (χ3v) is 10.3. The van der Waals surface area contributed by atoms with E-state index in [-0.39, 0.29) is 0 Å². The summed E-state index contributed by atoms with van der Waals surface area (Å²) in [6.07, 6.45) is 0. The van der Waals surface area contributed by atoms with Gasteiger partial charge >= 0.3 is 0 Å². The van der Waals surface area contributed by atoms with E-state index >= 15 is 0 Å². The van der Waals surface area contributed by atoms with Gasteiger partial charge < -0.3 is 9.32 Å². The molecule has 9 aromatic rings. The number of benzene rings is 8. The second-order valence-corrected chi connectivity index (χ2v) is 12.8. The molecule has 0 saturated heterocycles. The van der Waals surface area contributed by atoms with Crippen LogP contribution in [0, 0.1) is 0 Å². The zero-order valence-corrected chi connectivity index (χ0v) is 26.8. The molecule has 1 heterocycles. The van der Waals surface area contributed by atoms with E-state index < -0.39 is 5.41 Å². The normalized spacial score (nSPS) is 13.1. The fraction of sp³-hybridized carbons (Fsp3) is 0.0213. The lowest BCUT2D eigenvalue weighted by Gasteiger charge is -2.33. The van der Waals surface area contributed by atoms with Crippen LogP contribution in [0.3, 0.4) is 0 Å². The van der Waals surface area contributed by atoms with E-state index in [1.165, 1.54) is 44.2 Å². The molecule has 0 spiro atoms. The Labute approximate surface area is 285 Å². The second-order valence-electron chi connectivity index (χ2n) is 12.8. The molecule has 49 heavy (non-hydrogen) atoms. The highest BCUT2D eigenvalue weighted by molar-refractivity contribution is 6.16. The van der Waals surface area contributed by atoms with Gasteiger partial charge in [0.25, 0.3) is 0 Å². The Morgan fingerprint density at radius 2 is 0.959 bits per heavy atom. The first-order valence-corrected chi connectivity index (χ1v) is 16.9. The van der Waals surface area contributed by atoms with Crippen molar-refractivity contribution in [1.82, 2.24) is 0 Å². The molecular weight excluding hydrogens is 595 g/mol. The van der Waals surface area contributed by atoms with Crippen LogP contribution in [0.15, 0.2) is 192 Å². The van der Waals surface area contributed by atoms with Crippen molar-refractivity contribution in [2.45, 2.75) is 5.41 Å². The summed E-state index contributed by atoms with van der Waals surface area (Å²) in [6.45, 7) is 0. The van der Waals surface area contributed by atoms with Crippen LogP contribution in [0.5, 0.6) is 0 Å². The summed E-state index contributed by atoms with van der Waals surface area (Å²) in [6, 6.07) is 67.7. The smallest absolute Gasteiger partial charge is 0.159 e. The van der Waals surface area contributed by atoms with Crippen molar-refractivity contribution in [3.63, 3.8) is 0 Å². The molecule has 0 saturated carbocycles. The van der Waals surface area contributed by atoms with Gasteiger partial charge in [-0.2, -0.15) is 0 Å². The predicted molar refractivity (Wildman–Crippen MR) is 203 cm³/mol. The van der Waals surface area contributed by atoms with Gasteiger partial charge in [0.05, 0.1) is 16.8 Å². The molecule has 1 aromatic heterocycles. The van der Waals surface area contributed by atoms with E-state index in [0.29, 0.717) is 0 Å². The Morgan fingerprint density at radius 1 is 0.388 bits per heavy atom. The fourth-order valence-electron chi connectivity index (χ4n) is 8.33. The van der Waals surface area contributed by atoms with Crippen LogP contribution in [-0.4, -0.2) is 0 Å². The van der Waals surface area contributed by atoms with Crippen molar-refractivity contribution in [3.8, 4) is 11.1 Å². The molecule has 1 aliphatic rings. The zero-order chi connectivity index (χ0) is 32.4. The molecule has 10 rings (SSSR count). The Kier molecular flexibility index (Phi) is 6.13. The maximum absolute atomic E-state index is 7.24. The summed E-state index contributed by atoms with van der Waals surface area (Å²) in [4.78, 5) is 2.35. The third-order valence-electron chi connectivity index (χ3n) is 10.3. The Morgan fingerprint density at radius 3 is 1.73 bits per heavy atom. The minimum atomic E-state index is -0.483. The van der Waals surface area contributed by atoms with Crippen LogP contribution in [0.25, 0.3) is 43.8 Å². The van der Waals surface area contributed by atoms with Gasteiger partial charge in [0.2, 0.25) is 0 Å². The van der Waals surface area contributed by atoms with Gasteiger partial charge in [-0.05, 0) is 57.5 Å². The maximum Gasteiger partial charge on any atom is 0.159 e. The zero-order valence-electron chi connectivity index (χ0n) is 26.8. The van der Waals surface area contributed by atoms with Crippen LogP contribution in [-0.2, 0) is 5.41 Å². The number of rotatable bonds is 5. The minimum absolute atomic E-state index is 0.483. The second kappa shape index (κ2) is 10.8. The number of furan rings is 1. The molecule has 0 N–H and O–H groups in total. The minimum Gasteiger partial charge on any atom is -0.453 e. The number of anilines is 3. The molecule has 230 valence electrons. The molecule has 8 aromatic carbocycles. The van der Waals surface area contributed by atoms with E-state index in [1.54, 1.807) is 0 Å². The summed E-state index contributed by atoms with van der Waals surface area (Å²) in [7, 11) is 0. The van der Waals surface area contributed by atoms with Crippen molar-refractivity contribution in [2.24, 2.45) is 0 Å². The Bertz CT molecular complexity index is 2610. The number of fused-ring (bicyclic) bond motifs is 8. The monoisotopic (exact) mass is 625 g/mol. The highest BCUT2D eigenvalue weighted by Gasteiger charge is 2.47. The Balaban J connectivity index is 1.30. The molecule has 0 radical (unpaired) electrons. The lowest BCUT2D eigenvalue weighted by molar-refractivity contribution is 0.669. The van der Waals surface area contributed by atoms with E-state index in [2.05, 4.69) is 193 Å².